The quantitative estimate of drug-likeness (QED) is 0.221. The lowest BCUT2D eigenvalue weighted by Gasteiger charge is -2.32. The topological polar surface area (TPSA) is 89.9 Å². The molecule has 0 saturated carbocycles. The zero-order valence-electron chi connectivity index (χ0n) is 19.2. The van der Waals surface area contributed by atoms with Crippen molar-refractivity contribution >= 4 is 56.2 Å². The zero-order chi connectivity index (χ0) is 24.8. The summed E-state index contributed by atoms with van der Waals surface area (Å²) in [5.74, 6) is 0.226. The minimum Gasteiger partial charge on any atom is -0.506 e. The molecular formula is C25H26BrN5O2S2. The fourth-order valence-corrected chi connectivity index (χ4v) is 5.35. The first-order chi connectivity index (χ1) is 16.9. The summed E-state index contributed by atoms with van der Waals surface area (Å²) in [6, 6.07) is 13.5. The fraction of sp³-hybridized carbons (Fsp3) is 0.280. The SMILES string of the molecule is C/C(=N\NC(=S)N1CCC(C(=O)NCc2ccccn2)CC1)c1csc(-c2ccc(Br)cc2)c1O. The molecule has 0 aliphatic carbocycles. The van der Waals surface area contributed by atoms with E-state index in [1.807, 2.05) is 59.7 Å². The van der Waals surface area contributed by atoms with Gasteiger partial charge in [-0.05, 0) is 61.8 Å². The Bertz CT molecular complexity index is 1210. The highest BCUT2D eigenvalue weighted by Crippen LogP contribution is 2.39. The number of likely N-dealkylation sites (tertiary alicyclic amines) is 1. The lowest BCUT2D eigenvalue weighted by atomic mass is 9.96. The van der Waals surface area contributed by atoms with E-state index in [0.29, 0.717) is 36.0 Å². The molecule has 10 heteroatoms. The van der Waals surface area contributed by atoms with E-state index < -0.39 is 0 Å². The Hall–Kier alpha value is -2.82. The molecule has 1 amide bonds. The number of nitrogens with zero attached hydrogens (tertiary/aromatic N) is 3. The van der Waals surface area contributed by atoms with Crippen LogP contribution >= 0.6 is 39.5 Å². The molecule has 1 saturated heterocycles. The maximum Gasteiger partial charge on any atom is 0.223 e. The maximum absolute atomic E-state index is 12.5. The summed E-state index contributed by atoms with van der Waals surface area (Å²) >= 11 is 10.4. The number of carbonyl (C=O) groups is 1. The number of thiocarbonyl (C=S) groups is 1. The summed E-state index contributed by atoms with van der Waals surface area (Å²) in [6.45, 7) is 3.63. The van der Waals surface area contributed by atoms with Crippen LogP contribution in [0.2, 0.25) is 0 Å². The van der Waals surface area contributed by atoms with Gasteiger partial charge in [0, 0.05) is 35.1 Å². The van der Waals surface area contributed by atoms with Gasteiger partial charge in [0.1, 0.15) is 5.75 Å². The third-order valence-corrected chi connectivity index (χ3v) is 7.80. The molecule has 3 heterocycles. The summed E-state index contributed by atoms with van der Waals surface area (Å²) in [4.78, 5) is 19.6. The highest BCUT2D eigenvalue weighted by molar-refractivity contribution is 9.10. The number of piperidine rings is 1. The standard InChI is InChI=1S/C25H26BrN5O2S2/c1-16(21-15-35-23(22(21)32)17-5-7-19(26)8-6-17)29-30-25(34)31-12-9-18(10-13-31)24(33)28-14-20-4-2-3-11-27-20/h2-8,11,15,18,32H,9-10,12-14H2,1H3,(H,28,33)(H,30,34)/b29-16+. The van der Waals surface area contributed by atoms with Crippen molar-refractivity contribution in [2.75, 3.05) is 13.1 Å². The first-order valence-corrected chi connectivity index (χ1v) is 13.3. The Morgan fingerprint density at radius 1 is 1.26 bits per heavy atom. The number of aromatic hydroxyl groups is 1. The van der Waals surface area contributed by atoms with Crippen molar-refractivity contribution in [1.29, 1.82) is 0 Å². The second-order valence-electron chi connectivity index (χ2n) is 8.25. The molecular weight excluding hydrogens is 546 g/mol. The van der Waals surface area contributed by atoms with E-state index >= 15 is 0 Å². The lowest BCUT2D eigenvalue weighted by molar-refractivity contribution is -0.126. The van der Waals surface area contributed by atoms with Crippen molar-refractivity contribution in [1.82, 2.24) is 20.6 Å². The van der Waals surface area contributed by atoms with Gasteiger partial charge < -0.3 is 15.3 Å². The maximum atomic E-state index is 12.5. The number of nitrogens with one attached hydrogen (secondary N) is 2. The van der Waals surface area contributed by atoms with Crippen LogP contribution in [0.15, 0.2) is 63.6 Å². The Morgan fingerprint density at radius 2 is 2.00 bits per heavy atom. The van der Waals surface area contributed by atoms with Crippen LogP contribution in [-0.4, -0.2) is 44.8 Å². The van der Waals surface area contributed by atoms with Crippen LogP contribution in [-0.2, 0) is 11.3 Å². The number of rotatable bonds is 6. The Kier molecular flexibility index (Phi) is 8.48. The van der Waals surface area contributed by atoms with Gasteiger partial charge in [-0.1, -0.05) is 34.1 Å². The molecule has 35 heavy (non-hydrogen) atoms. The van der Waals surface area contributed by atoms with Gasteiger partial charge in [0.15, 0.2) is 5.11 Å². The lowest BCUT2D eigenvalue weighted by Crippen LogP contribution is -2.45. The molecule has 3 aromatic rings. The molecule has 0 radical (unpaired) electrons. The van der Waals surface area contributed by atoms with Gasteiger partial charge in [0.25, 0.3) is 0 Å². The van der Waals surface area contributed by atoms with Crippen LogP contribution < -0.4 is 10.7 Å². The third-order valence-electron chi connectivity index (χ3n) is 5.90. The Labute approximate surface area is 222 Å². The van der Waals surface area contributed by atoms with E-state index in [-0.39, 0.29) is 17.6 Å². The number of hydrogen-bond acceptors (Lipinski definition) is 6. The van der Waals surface area contributed by atoms with Crippen molar-refractivity contribution in [2.45, 2.75) is 26.3 Å². The van der Waals surface area contributed by atoms with Crippen molar-refractivity contribution in [3.8, 4) is 16.2 Å². The number of thiophene rings is 1. The van der Waals surface area contributed by atoms with Crippen LogP contribution in [0.25, 0.3) is 10.4 Å². The molecule has 0 atom stereocenters. The molecule has 3 N–H and O–H groups in total. The molecule has 0 unspecified atom stereocenters. The number of pyridine rings is 1. The van der Waals surface area contributed by atoms with Crippen LogP contribution in [0.1, 0.15) is 31.0 Å². The van der Waals surface area contributed by atoms with Crippen molar-refractivity contribution in [3.05, 3.63) is 69.8 Å². The number of carbonyl (C=O) groups excluding carboxylic acids is 1. The van der Waals surface area contributed by atoms with Crippen LogP contribution in [0.5, 0.6) is 5.75 Å². The molecule has 1 aliphatic rings. The second-order valence-corrected chi connectivity index (χ2v) is 10.4. The molecule has 1 fully saturated rings. The van der Waals surface area contributed by atoms with E-state index in [1.54, 1.807) is 6.20 Å². The smallest absolute Gasteiger partial charge is 0.223 e. The average molecular weight is 573 g/mol. The predicted octanol–water partition coefficient (Wildman–Crippen LogP) is 4.91. The van der Waals surface area contributed by atoms with Gasteiger partial charge in [-0.25, -0.2) is 0 Å². The van der Waals surface area contributed by atoms with Crippen LogP contribution in [0.4, 0.5) is 0 Å². The highest BCUT2D eigenvalue weighted by atomic mass is 79.9. The number of hydrogen-bond donors (Lipinski definition) is 3. The monoisotopic (exact) mass is 571 g/mol. The number of benzene rings is 1. The predicted molar refractivity (Wildman–Crippen MR) is 147 cm³/mol. The zero-order valence-corrected chi connectivity index (χ0v) is 22.4. The van der Waals surface area contributed by atoms with Gasteiger partial charge >= 0.3 is 0 Å². The third kappa shape index (κ3) is 6.45. The van der Waals surface area contributed by atoms with E-state index in [0.717, 1.165) is 33.4 Å². The molecule has 4 rings (SSSR count). The van der Waals surface area contributed by atoms with E-state index in [9.17, 15) is 9.90 Å². The molecule has 1 aliphatic heterocycles. The van der Waals surface area contributed by atoms with Crippen LogP contribution in [0, 0.1) is 5.92 Å². The first kappa shape index (κ1) is 25.3. The second kappa shape index (κ2) is 11.7. The first-order valence-electron chi connectivity index (χ1n) is 11.3. The summed E-state index contributed by atoms with van der Waals surface area (Å²) in [5, 5.41) is 20.5. The molecule has 182 valence electrons. The molecule has 2 aromatic heterocycles. The van der Waals surface area contributed by atoms with Crippen molar-refractivity contribution < 1.29 is 9.90 Å². The average Bonchev–Trinajstić information content (AvgIpc) is 3.28. The largest absolute Gasteiger partial charge is 0.506 e. The van der Waals surface area contributed by atoms with Gasteiger partial charge in [-0.3, -0.25) is 15.2 Å². The summed E-state index contributed by atoms with van der Waals surface area (Å²) in [6.07, 6.45) is 3.17. The van der Waals surface area contributed by atoms with E-state index in [1.165, 1.54) is 11.3 Å². The summed E-state index contributed by atoms with van der Waals surface area (Å²) in [7, 11) is 0. The van der Waals surface area contributed by atoms with Gasteiger partial charge in [-0.2, -0.15) is 5.10 Å². The Balaban J connectivity index is 1.28. The van der Waals surface area contributed by atoms with Gasteiger partial charge in [0.2, 0.25) is 5.91 Å². The molecule has 1 aromatic carbocycles. The minimum atomic E-state index is -0.0391. The van der Waals surface area contributed by atoms with Crippen molar-refractivity contribution in [3.63, 3.8) is 0 Å². The minimum absolute atomic E-state index is 0.0391. The Morgan fingerprint density at radius 3 is 2.69 bits per heavy atom. The highest BCUT2D eigenvalue weighted by Gasteiger charge is 2.26. The van der Waals surface area contributed by atoms with E-state index in [2.05, 4.69) is 36.8 Å². The van der Waals surface area contributed by atoms with Gasteiger partial charge in [0.05, 0.1) is 28.4 Å². The number of hydrazone groups is 1. The molecule has 7 nitrogen and oxygen atoms in total. The van der Waals surface area contributed by atoms with Crippen molar-refractivity contribution in [2.24, 2.45) is 11.0 Å². The van der Waals surface area contributed by atoms with Crippen LogP contribution in [0.3, 0.4) is 0 Å². The molecule has 0 spiro atoms. The number of aromatic nitrogens is 1. The summed E-state index contributed by atoms with van der Waals surface area (Å²) < 4.78 is 0.988. The number of halogens is 1. The summed E-state index contributed by atoms with van der Waals surface area (Å²) in [5.41, 5.74) is 6.06. The normalized spacial score (nSPS) is 14.6. The molecule has 0 bridgehead atoms. The van der Waals surface area contributed by atoms with E-state index in [4.69, 9.17) is 12.2 Å². The number of amides is 1. The van der Waals surface area contributed by atoms with Gasteiger partial charge in [-0.15, -0.1) is 11.3 Å². The fourth-order valence-electron chi connectivity index (χ4n) is 3.85.